The van der Waals surface area contributed by atoms with Gasteiger partial charge in [-0.2, -0.15) is 0 Å². The van der Waals surface area contributed by atoms with Gasteiger partial charge in [0.1, 0.15) is 11.5 Å². The number of nitrogens with one attached hydrogen (secondary N) is 1. The average molecular weight is 442 g/mol. The van der Waals surface area contributed by atoms with E-state index in [0.717, 1.165) is 23.6 Å². The van der Waals surface area contributed by atoms with E-state index in [1.54, 1.807) is 0 Å². The Balaban J connectivity index is 3.34. The Bertz CT molecular complexity index is 604. The minimum absolute atomic E-state index is 0.0277. The van der Waals surface area contributed by atoms with Gasteiger partial charge in [-0.25, -0.2) is 0 Å². The maximum atomic E-state index is 6.58. The Morgan fingerprint density at radius 1 is 0.750 bits per heavy atom. The van der Waals surface area contributed by atoms with Crippen LogP contribution < -0.4 is 14.2 Å². The Labute approximate surface area is 176 Å². The maximum absolute atomic E-state index is 6.58. The fraction of sp³-hybridized carbons (Fsp3) is 0.714. The largest absolute Gasteiger partial charge is 0.544 e. The van der Waals surface area contributed by atoms with Crippen molar-refractivity contribution in [2.75, 3.05) is 6.54 Å². The van der Waals surface area contributed by atoms with Crippen LogP contribution in [0, 0.1) is 0 Å². The van der Waals surface area contributed by atoms with Gasteiger partial charge >= 0.3 is 0 Å². The summed E-state index contributed by atoms with van der Waals surface area (Å²) in [6, 6.07) is 6.33. The minimum atomic E-state index is -1.73. The summed E-state index contributed by atoms with van der Waals surface area (Å²) in [5.41, 5.74) is 1.16. The molecule has 0 aliphatic rings. The monoisotopic (exact) mass is 441 g/mol. The molecule has 0 saturated heterocycles. The van der Waals surface area contributed by atoms with Crippen molar-refractivity contribution in [3.63, 3.8) is 0 Å². The summed E-state index contributed by atoms with van der Waals surface area (Å²) in [4.78, 5) is 0. The van der Waals surface area contributed by atoms with E-state index < -0.39 is 25.0 Å². The van der Waals surface area contributed by atoms with Gasteiger partial charge in [0.15, 0.2) is 8.32 Å². The molecule has 0 heterocycles. The second kappa shape index (κ2) is 9.04. The Morgan fingerprint density at radius 2 is 1.18 bits per heavy atom. The van der Waals surface area contributed by atoms with Gasteiger partial charge in [-0.1, -0.05) is 0 Å². The topological polar surface area (TPSA) is 39.7 Å². The molecule has 0 aliphatic heterocycles. The van der Waals surface area contributed by atoms with Crippen LogP contribution in [0.2, 0.25) is 58.9 Å². The predicted octanol–water partition coefficient (Wildman–Crippen LogP) is 6.39. The highest BCUT2D eigenvalue weighted by atomic mass is 28.4. The molecule has 28 heavy (non-hydrogen) atoms. The molecule has 0 radical (unpaired) electrons. The van der Waals surface area contributed by atoms with Crippen LogP contribution in [0.25, 0.3) is 0 Å². The van der Waals surface area contributed by atoms with Crippen LogP contribution >= 0.6 is 0 Å². The van der Waals surface area contributed by atoms with Crippen LogP contribution in [0.4, 0.5) is 0 Å². The van der Waals surface area contributed by atoms with E-state index in [2.05, 4.69) is 97.1 Å². The molecule has 4 nitrogen and oxygen atoms in total. The first-order valence-corrected chi connectivity index (χ1v) is 20.5. The van der Waals surface area contributed by atoms with Crippen LogP contribution in [-0.4, -0.2) is 37.0 Å². The van der Waals surface area contributed by atoms with Crippen molar-refractivity contribution < 1.29 is 13.3 Å². The maximum Gasteiger partial charge on any atom is 0.242 e. The molecule has 0 aliphatic carbocycles. The molecular weight excluding hydrogens is 398 g/mol. The van der Waals surface area contributed by atoms with Crippen molar-refractivity contribution in [1.82, 2.24) is 5.32 Å². The summed E-state index contributed by atoms with van der Waals surface area (Å²) in [7, 11) is -5.18. The standard InChI is InChI=1S/C21H43NO3Si3/c1-21(2,3)22-16-20(25-28(10,11)12)17-13-18(23-26(4,5)6)15-19(14-17)24-27(7,8)9/h13-15,20,22H,16H2,1-12H3. The molecule has 1 atom stereocenters. The van der Waals surface area contributed by atoms with Gasteiger partial charge < -0.3 is 18.6 Å². The van der Waals surface area contributed by atoms with E-state index in [0.29, 0.717) is 0 Å². The lowest BCUT2D eigenvalue weighted by Gasteiger charge is -2.31. The predicted molar refractivity (Wildman–Crippen MR) is 129 cm³/mol. The van der Waals surface area contributed by atoms with Crippen LogP contribution in [0.1, 0.15) is 32.4 Å². The third-order valence-electron chi connectivity index (χ3n) is 3.44. The molecule has 0 amide bonds. The smallest absolute Gasteiger partial charge is 0.242 e. The second-order valence-corrected chi connectivity index (χ2v) is 24.8. The van der Waals surface area contributed by atoms with E-state index in [-0.39, 0.29) is 11.6 Å². The lowest BCUT2D eigenvalue weighted by molar-refractivity contribution is 0.181. The second-order valence-electron chi connectivity index (χ2n) is 11.5. The molecule has 1 aromatic carbocycles. The summed E-state index contributed by atoms with van der Waals surface area (Å²) in [6.45, 7) is 27.2. The highest BCUT2D eigenvalue weighted by Gasteiger charge is 2.26. The normalized spacial score (nSPS) is 14.7. The summed E-state index contributed by atoms with van der Waals surface area (Å²) in [5.74, 6) is 1.79. The molecule has 1 N–H and O–H groups in total. The molecule has 7 heteroatoms. The third kappa shape index (κ3) is 11.4. The van der Waals surface area contributed by atoms with Crippen molar-refractivity contribution in [1.29, 1.82) is 0 Å². The first-order chi connectivity index (χ1) is 12.3. The fourth-order valence-electron chi connectivity index (χ4n) is 2.66. The summed E-state index contributed by atoms with van der Waals surface area (Å²) < 4.78 is 19.2. The van der Waals surface area contributed by atoms with Crippen molar-refractivity contribution in [3.05, 3.63) is 23.8 Å². The van der Waals surface area contributed by atoms with Crippen molar-refractivity contribution >= 4 is 25.0 Å². The first kappa shape index (κ1) is 25.4. The number of rotatable bonds is 9. The minimum Gasteiger partial charge on any atom is -0.544 e. The lowest BCUT2D eigenvalue weighted by atomic mass is 10.1. The molecular formula is C21H43NO3Si3. The lowest BCUT2D eigenvalue weighted by Crippen LogP contribution is -2.41. The zero-order valence-electron chi connectivity index (χ0n) is 20.2. The van der Waals surface area contributed by atoms with E-state index in [9.17, 15) is 0 Å². The first-order valence-electron chi connectivity index (χ1n) is 10.3. The van der Waals surface area contributed by atoms with Gasteiger partial charge in [-0.3, -0.25) is 0 Å². The van der Waals surface area contributed by atoms with E-state index in [4.69, 9.17) is 13.3 Å². The molecule has 1 unspecified atom stereocenters. The quantitative estimate of drug-likeness (QED) is 0.450. The highest BCUT2D eigenvalue weighted by molar-refractivity contribution is 6.71. The Kier molecular flexibility index (Phi) is 8.21. The van der Waals surface area contributed by atoms with E-state index in [1.807, 2.05) is 6.07 Å². The zero-order chi connectivity index (χ0) is 22.0. The summed E-state index contributed by atoms with van der Waals surface area (Å²) >= 11 is 0. The van der Waals surface area contributed by atoms with Crippen LogP contribution in [0.5, 0.6) is 11.5 Å². The molecule has 1 aromatic rings. The van der Waals surface area contributed by atoms with Crippen LogP contribution in [0.3, 0.4) is 0 Å². The Hall–Kier alpha value is -0.609. The molecule has 162 valence electrons. The molecule has 0 fully saturated rings. The van der Waals surface area contributed by atoms with Gasteiger partial charge in [0, 0.05) is 18.2 Å². The molecule has 1 rings (SSSR count). The van der Waals surface area contributed by atoms with E-state index in [1.165, 1.54) is 0 Å². The van der Waals surface area contributed by atoms with Crippen molar-refractivity contribution in [2.45, 2.75) is 91.3 Å². The highest BCUT2D eigenvalue weighted by Crippen LogP contribution is 2.32. The van der Waals surface area contributed by atoms with Crippen LogP contribution in [0.15, 0.2) is 18.2 Å². The van der Waals surface area contributed by atoms with Gasteiger partial charge in [0.2, 0.25) is 16.6 Å². The van der Waals surface area contributed by atoms with Crippen LogP contribution in [-0.2, 0) is 4.43 Å². The van der Waals surface area contributed by atoms with E-state index >= 15 is 0 Å². The van der Waals surface area contributed by atoms with Crippen molar-refractivity contribution in [3.8, 4) is 11.5 Å². The van der Waals surface area contributed by atoms with Crippen molar-refractivity contribution in [2.24, 2.45) is 0 Å². The fourth-order valence-corrected chi connectivity index (χ4v) is 5.38. The molecule has 0 saturated carbocycles. The zero-order valence-corrected chi connectivity index (χ0v) is 23.2. The third-order valence-corrected chi connectivity index (χ3v) is 6.12. The average Bonchev–Trinajstić information content (AvgIpc) is 2.36. The molecule has 0 spiro atoms. The summed E-state index contributed by atoms with van der Waals surface area (Å²) in [5, 5.41) is 3.61. The Morgan fingerprint density at radius 3 is 1.50 bits per heavy atom. The number of hydrogen-bond acceptors (Lipinski definition) is 4. The summed E-state index contributed by atoms with van der Waals surface area (Å²) in [6.07, 6.45) is -0.0277. The molecule has 0 aromatic heterocycles. The van der Waals surface area contributed by atoms with Gasteiger partial charge in [0.05, 0.1) is 6.10 Å². The number of benzene rings is 1. The number of hydrogen-bond donors (Lipinski definition) is 1. The van der Waals surface area contributed by atoms with Gasteiger partial charge in [-0.15, -0.1) is 0 Å². The van der Waals surface area contributed by atoms with Gasteiger partial charge in [0.25, 0.3) is 0 Å². The van der Waals surface area contributed by atoms with Gasteiger partial charge in [-0.05, 0) is 97.4 Å². The molecule has 0 bridgehead atoms. The SMILES string of the molecule is CC(C)(C)NCC(O[Si](C)(C)C)c1cc(O[Si](C)(C)C)cc(O[Si](C)(C)C)c1.